The highest BCUT2D eigenvalue weighted by molar-refractivity contribution is 6.31. The molecule has 1 aromatic carbocycles. The molecule has 1 N–H and O–H groups in total. The monoisotopic (exact) mass is 281 g/mol. The van der Waals surface area contributed by atoms with Gasteiger partial charge in [0.2, 0.25) is 0 Å². The molecule has 0 bridgehead atoms. The van der Waals surface area contributed by atoms with Crippen molar-refractivity contribution in [3.05, 3.63) is 29.3 Å². The van der Waals surface area contributed by atoms with E-state index in [2.05, 4.69) is 0 Å². The predicted octanol–water partition coefficient (Wildman–Crippen LogP) is 3.67. The van der Waals surface area contributed by atoms with Gasteiger partial charge in [0, 0.05) is 22.5 Å². The molecule has 0 atom stereocenters. The fourth-order valence-corrected chi connectivity index (χ4v) is 2.07. The molecule has 0 spiro atoms. The Kier molecular flexibility index (Phi) is 5.19. The van der Waals surface area contributed by atoms with Crippen LogP contribution in [0.25, 0.3) is 0 Å². The molecule has 6 heteroatoms. The van der Waals surface area contributed by atoms with Crippen LogP contribution in [0, 0.1) is 0 Å². The molecule has 88 valence electrons. The van der Waals surface area contributed by atoms with Crippen molar-refractivity contribution in [1.82, 2.24) is 0 Å². The summed E-state index contributed by atoms with van der Waals surface area (Å²) in [5.41, 5.74) is 0.464. The smallest absolute Gasteiger partial charge is 0.412 e. The van der Waals surface area contributed by atoms with Gasteiger partial charge in [-0.1, -0.05) is 17.7 Å². The Morgan fingerprint density at radius 3 is 2.44 bits per heavy atom. The molecule has 0 aromatic heterocycles. The van der Waals surface area contributed by atoms with E-state index in [1.807, 2.05) is 0 Å². The molecule has 1 aromatic rings. The minimum absolute atomic E-state index is 0.127. The summed E-state index contributed by atoms with van der Waals surface area (Å²) in [6, 6.07) is 6.07. The Balaban J connectivity index is 3.06. The molecule has 0 aliphatic rings. The van der Waals surface area contributed by atoms with Crippen molar-refractivity contribution in [3.63, 3.8) is 0 Å². The average molecular weight is 283 g/mol. The maximum absolute atomic E-state index is 11.1. The van der Waals surface area contributed by atoms with Crippen molar-refractivity contribution in [2.45, 2.75) is 6.04 Å². The van der Waals surface area contributed by atoms with Crippen LogP contribution >= 0.6 is 34.8 Å². The number of alkyl halides is 2. The summed E-state index contributed by atoms with van der Waals surface area (Å²) < 4.78 is 0. The van der Waals surface area contributed by atoms with E-state index < -0.39 is 12.1 Å². The number of benzene rings is 1. The Labute approximate surface area is 109 Å². The van der Waals surface area contributed by atoms with Gasteiger partial charge in [0.05, 0.1) is 6.04 Å². The highest BCUT2D eigenvalue weighted by Gasteiger charge is 2.23. The van der Waals surface area contributed by atoms with E-state index in [4.69, 9.17) is 39.9 Å². The molecular formula is C10H10Cl3NO2. The number of halogens is 3. The summed E-state index contributed by atoms with van der Waals surface area (Å²) >= 11 is 17.1. The second-order valence-corrected chi connectivity index (χ2v) is 4.15. The first kappa shape index (κ1) is 13.4. The van der Waals surface area contributed by atoms with Crippen LogP contribution < -0.4 is 4.90 Å². The lowest BCUT2D eigenvalue weighted by molar-refractivity contribution is 0.200. The topological polar surface area (TPSA) is 40.5 Å². The highest BCUT2D eigenvalue weighted by Crippen LogP contribution is 2.22. The Bertz CT molecular complexity index is 369. The number of hydrogen-bond acceptors (Lipinski definition) is 1. The fourth-order valence-electron chi connectivity index (χ4n) is 1.28. The quantitative estimate of drug-likeness (QED) is 0.856. The molecule has 0 fully saturated rings. The zero-order valence-electron chi connectivity index (χ0n) is 8.24. The van der Waals surface area contributed by atoms with E-state index in [9.17, 15) is 4.79 Å². The summed E-state index contributed by atoms with van der Waals surface area (Å²) in [5, 5.41) is 9.58. The zero-order valence-corrected chi connectivity index (χ0v) is 10.5. The number of carboxylic acid groups (broad SMARTS) is 1. The second kappa shape index (κ2) is 6.18. The fraction of sp³-hybridized carbons (Fsp3) is 0.300. The molecular weight excluding hydrogens is 272 g/mol. The van der Waals surface area contributed by atoms with E-state index in [0.717, 1.165) is 4.90 Å². The van der Waals surface area contributed by atoms with Gasteiger partial charge >= 0.3 is 6.09 Å². The first-order valence-electron chi connectivity index (χ1n) is 4.49. The maximum Gasteiger partial charge on any atom is 0.412 e. The van der Waals surface area contributed by atoms with Gasteiger partial charge in [0.1, 0.15) is 0 Å². The van der Waals surface area contributed by atoms with Crippen LogP contribution in [-0.4, -0.2) is 29.0 Å². The van der Waals surface area contributed by atoms with Crippen LogP contribution in [0.2, 0.25) is 5.02 Å². The Morgan fingerprint density at radius 2 is 2.00 bits per heavy atom. The van der Waals surface area contributed by atoms with Crippen LogP contribution in [0.3, 0.4) is 0 Å². The molecule has 0 radical (unpaired) electrons. The second-order valence-electron chi connectivity index (χ2n) is 3.09. The van der Waals surface area contributed by atoms with Crippen molar-refractivity contribution in [3.8, 4) is 0 Å². The van der Waals surface area contributed by atoms with Crippen molar-refractivity contribution in [1.29, 1.82) is 0 Å². The third-order valence-electron chi connectivity index (χ3n) is 2.01. The Morgan fingerprint density at radius 1 is 1.38 bits per heavy atom. The minimum atomic E-state index is -1.10. The van der Waals surface area contributed by atoms with Gasteiger partial charge in [-0.3, -0.25) is 4.90 Å². The van der Waals surface area contributed by atoms with Crippen molar-refractivity contribution >= 4 is 46.6 Å². The Hall–Kier alpha value is -0.640. The van der Waals surface area contributed by atoms with E-state index >= 15 is 0 Å². The predicted molar refractivity (Wildman–Crippen MR) is 67.2 cm³/mol. The molecule has 0 aliphatic heterocycles. The van der Waals surface area contributed by atoms with Gasteiger partial charge in [-0.25, -0.2) is 4.79 Å². The van der Waals surface area contributed by atoms with Crippen molar-refractivity contribution in [2.75, 3.05) is 16.7 Å². The third-order valence-corrected chi connectivity index (χ3v) is 2.96. The number of carbonyl (C=O) groups is 1. The average Bonchev–Trinajstić information content (AvgIpc) is 2.24. The number of rotatable bonds is 4. The summed E-state index contributed by atoms with van der Waals surface area (Å²) in [5.74, 6) is 0.255. The maximum atomic E-state index is 11.1. The SMILES string of the molecule is O=C(O)N(c1cccc(Cl)c1)C(CCl)CCl. The van der Waals surface area contributed by atoms with Gasteiger partial charge in [-0.2, -0.15) is 0 Å². The largest absolute Gasteiger partial charge is 0.465 e. The van der Waals surface area contributed by atoms with Crippen LogP contribution in [0.4, 0.5) is 10.5 Å². The van der Waals surface area contributed by atoms with Gasteiger partial charge < -0.3 is 5.11 Å². The molecule has 0 aliphatic carbocycles. The molecule has 0 heterocycles. The van der Waals surface area contributed by atoms with Gasteiger partial charge in [-0.05, 0) is 18.2 Å². The number of amides is 1. The lowest BCUT2D eigenvalue weighted by Crippen LogP contribution is -2.42. The van der Waals surface area contributed by atoms with Crippen LogP contribution in [-0.2, 0) is 0 Å². The molecule has 1 rings (SSSR count). The van der Waals surface area contributed by atoms with E-state index in [0.29, 0.717) is 10.7 Å². The summed E-state index contributed by atoms with van der Waals surface area (Å²) in [6.45, 7) is 0. The molecule has 0 saturated carbocycles. The minimum Gasteiger partial charge on any atom is -0.465 e. The normalized spacial score (nSPS) is 10.5. The van der Waals surface area contributed by atoms with Crippen molar-refractivity contribution in [2.24, 2.45) is 0 Å². The number of hydrogen-bond donors (Lipinski definition) is 1. The van der Waals surface area contributed by atoms with E-state index in [1.54, 1.807) is 24.3 Å². The van der Waals surface area contributed by atoms with Crippen LogP contribution in [0.15, 0.2) is 24.3 Å². The molecule has 1 amide bonds. The first-order valence-corrected chi connectivity index (χ1v) is 5.94. The lowest BCUT2D eigenvalue weighted by Gasteiger charge is -2.26. The zero-order chi connectivity index (χ0) is 12.1. The highest BCUT2D eigenvalue weighted by atomic mass is 35.5. The van der Waals surface area contributed by atoms with Gasteiger partial charge in [0.25, 0.3) is 0 Å². The summed E-state index contributed by atoms with van der Waals surface area (Å²) in [7, 11) is 0. The molecule has 16 heavy (non-hydrogen) atoms. The first-order chi connectivity index (χ1) is 7.60. The number of nitrogens with zero attached hydrogens (tertiary/aromatic N) is 1. The standard InChI is InChI=1S/C10H10Cl3NO2/c11-5-9(6-12)14(10(15)16)8-3-1-2-7(13)4-8/h1-4,9H,5-6H2,(H,15,16). The molecule has 0 unspecified atom stereocenters. The van der Waals surface area contributed by atoms with Gasteiger partial charge in [-0.15, -0.1) is 23.2 Å². The lowest BCUT2D eigenvalue weighted by atomic mass is 10.2. The summed E-state index contributed by atoms with van der Waals surface area (Å²) in [6.07, 6.45) is -1.10. The van der Waals surface area contributed by atoms with E-state index in [-0.39, 0.29) is 11.8 Å². The molecule has 0 saturated heterocycles. The molecule has 3 nitrogen and oxygen atoms in total. The summed E-state index contributed by atoms with van der Waals surface area (Å²) in [4.78, 5) is 12.3. The number of anilines is 1. The van der Waals surface area contributed by atoms with E-state index in [1.165, 1.54) is 0 Å². The van der Waals surface area contributed by atoms with Gasteiger partial charge in [0.15, 0.2) is 0 Å². The van der Waals surface area contributed by atoms with Crippen LogP contribution in [0.5, 0.6) is 0 Å². The van der Waals surface area contributed by atoms with Crippen LogP contribution in [0.1, 0.15) is 0 Å². The third kappa shape index (κ3) is 3.17. The van der Waals surface area contributed by atoms with Crippen molar-refractivity contribution < 1.29 is 9.90 Å².